The summed E-state index contributed by atoms with van der Waals surface area (Å²) in [6.07, 6.45) is 5.19. The summed E-state index contributed by atoms with van der Waals surface area (Å²) in [5.41, 5.74) is 1.60. The molecule has 0 aromatic carbocycles. The lowest BCUT2D eigenvalue weighted by atomic mass is 9.91. The molecule has 1 aromatic heterocycles. The standard InChI is InChI=1S/C15H24N2S2/c1-14(2,3)12-10-19-13(16-12)15(17-11-4-5-11)6-8-18-9-7-15/h10-11,17H,4-9H2,1-3H3. The van der Waals surface area contributed by atoms with Crippen molar-refractivity contribution >= 4 is 23.1 Å². The molecular weight excluding hydrogens is 272 g/mol. The maximum absolute atomic E-state index is 5.00. The predicted octanol–water partition coefficient (Wildman–Crippen LogP) is 3.91. The Balaban J connectivity index is 1.87. The average molecular weight is 297 g/mol. The lowest BCUT2D eigenvalue weighted by Gasteiger charge is -2.36. The fourth-order valence-corrected chi connectivity index (χ4v) is 5.06. The van der Waals surface area contributed by atoms with Gasteiger partial charge in [-0.05, 0) is 37.2 Å². The van der Waals surface area contributed by atoms with Gasteiger partial charge in [-0.15, -0.1) is 11.3 Å². The van der Waals surface area contributed by atoms with Crippen molar-refractivity contribution in [1.29, 1.82) is 0 Å². The minimum atomic E-state index is 0.166. The number of nitrogens with zero attached hydrogens (tertiary/aromatic N) is 1. The molecule has 1 aliphatic carbocycles. The minimum Gasteiger partial charge on any atom is -0.303 e. The van der Waals surface area contributed by atoms with E-state index in [2.05, 4.69) is 43.2 Å². The molecule has 1 aliphatic heterocycles. The molecule has 2 fully saturated rings. The third-order valence-corrected chi connectivity index (χ3v) is 6.12. The van der Waals surface area contributed by atoms with E-state index in [0.29, 0.717) is 0 Å². The van der Waals surface area contributed by atoms with Crippen LogP contribution in [-0.2, 0) is 11.0 Å². The average Bonchev–Trinajstić information content (AvgIpc) is 3.01. The Morgan fingerprint density at radius 1 is 1.26 bits per heavy atom. The highest BCUT2D eigenvalue weighted by molar-refractivity contribution is 7.99. The molecule has 2 aliphatic rings. The smallest absolute Gasteiger partial charge is 0.113 e. The molecule has 1 saturated carbocycles. The Labute approximate surface area is 124 Å². The van der Waals surface area contributed by atoms with Crippen LogP contribution >= 0.6 is 23.1 Å². The van der Waals surface area contributed by atoms with E-state index < -0.39 is 0 Å². The van der Waals surface area contributed by atoms with Gasteiger partial charge in [-0.25, -0.2) is 4.98 Å². The van der Waals surface area contributed by atoms with Crippen LogP contribution in [-0.4, -0.2) is 22.5 Å². The highest BCUT2D eigenvalue weighted by Gasteiger charge is 2.41. The molecule has 0 spiro atoms. The molecule has 0 unspecified atom stereocenters. The summed E-state index contributed by atoms with van der Waals surface area (Å²) in [4.78, 5) is 5.00. The maximum atomic E-state index is 5.00. The third kappa shape index (κ3) is 3.01. The first kappa shape index (κ1) is 13.9. The molecule has 2 heterocycles. The van der Waals surface area contributed by atoms with Crippen LogP contribution in [0.1, 0.15) is 57.2 Å². The SMILES string of the molecule is CC(C)(C)c1csc(C2(NC3CC3)CCSCC2)n1. The molecule has 106 valence electrons. The van der Waals surface area contributed by atoms with Crippen molar-refractivity contribution < 1.29 is 0 Å². The first-order chi connectivity index (χ1) is 9.00. The van der Waals surface area contributed by atoms with Gasteiger partial charge in [-0.3, -0.25) is 0 Å². The number of rotatable bonds is 3. The van der Waals surface area contributed by atoms with E-state index in [0.717, 1.165) is 6.04 Å². The fourth-order valence-electron chi connectivity index (χ4n) is 2.60. The zero-order valence-electron chi connectivity index (χ0n) is 12.2. The topological polar surface area (TPSA) is 24.9 Å². The van der Waals surface area contributed by atoms with Crippen molar-refractivity contribution in [3.05, 3.63) is 16.1 Å². The minimum absolute atomic E-state index is 0.166. The molecule has 3 rings (SSSR count). The van der Waals surface area contributed by atoms with Gasteiger partial charge in [0.1, 0.15) is 5.01 Å². The summed E-state index contributed by atoms with van der Waals surface area (Å²) in [5.74, 6) is 2.54. The van der Waals surface area contributed by atoms with Gasteiger partial charge in [-0.2, -0.15) is 11.8 Å². The van der Waals surface area contributed by atoms with Crippen molar-refractivity contribution in [3.63, 3.8) is 0 Å². The van der Waals surface area contributed by atoms with Gasteiger partial charge in [0, 0.05) is 16.8 Å². The molecule has 1 N–H and O–H groups in total. The van der Waals surface area contributed by atoms with Crippen LogP contribution in [0.25, 0.3) is 0 Å². The van der Waals surface area contributed by atoms with Crippen LogP contribution in [0.4, 0.5) is 0 Å². The van der Waals surface area contributed by atoms with E-state index in [-0.39, 0.29) is 11.0 Å². The number of thioether (sulfide) groups is 1. The zero-order valence-corrected chi connectivity index (χ0v) is 13.8. The molecule has 0 atom stereocenters. The summed E-state index contributed by atoms with van der Waals surface area (Å²) in [6.45, 7) is 6.76. The second-order valence-electron chi connectivity index (χ2n) is 6.90. The van der Waals surface area contributed by atoms with E-state index >= 15 is 0 Å². The summed E-state index contributed by atoms with van der Waals surface area (Å²) >= 11 is 3.96. The fraction of sp³-hybridized carbons (Fsp3) is 0.800. The predicted molar refractivity (Wildman–Crippen MR) is 85.2 cm³/mol. The lowest BCUT2D eigenvalue weighted by molar-refractivity contribution is 0.301. The molecule has 19 heavy (non-hydrogen) atoms. The number of nitrogens with one attached hydrogen (secondary N) is 1. The van der Waals surface area contributed by atoms with E-state index in [4.69, 9.17) is 4.98 Å². The van der Waals surface area contributed by atoms with Gasteiger partial charge in [0.25, 0.3) is 0 Å². The summed E-state index contributed by atoms with van der Waals surface area (Å²) in [5, 5.41) is 7.53. The maximum Gasteiger partial charge on any atom is 0.113 e. The van der Waals surface area contributed by atoms with Crippen molar-refractivity contribution in [2.75, 3.05) is 11.5 Å². The van der Waals surface area contributed by atoms with Crippen molar-refractivity contribution in [2.24, 2.45) is 0 Å². The van der Waals surface area contributed by atoms with E-state index in [1.165, 1.54) is 47.9 Å². The van der Waals surface area contributed by atoms with Gasteiger partial charge in [0.15, 0.2) is 0 Å². The molecule has 0 amide bonds. The number of thiazole rings is 1. The van der Waals surface area contributed by atoms with Crippen LogP contribution in [0, 0.1) is 0 Å². The Bertz CT molecular complexity index is 437. The van der Waals surface area contributed by atoms with Crippen LogP contribution in [0.2, 0.25) is 0 Å². The molecule has 0 radical (unpaired) electrons. The summed E-state index contributed by atoms with van der Waals surface area (Å²) in [7, 11) is 0. The van der Waals surface area contributed by atoms with E-state index in [9.17, 15) is 0 Å². The van der Waals surface area contributed by atoms with E-state index in [1.54, 1.807) is 0 Å². The number of aromatic nitrogens is 1. The number of hydrogen-bond donors (Lipinski definition) is 1. The van der Waals surface area contributed by atoms with Gasteiger partial charge in [0.2, 0.25) is 0 Å². The first-order valence-corrected chi connectivity index (χ1v) is 9.35. The summed E-state index contributed by atoms with van der Waals surface area (Å²) in [6, 6.07) is 0.755. The number of hydrogen-bond acceptors (Lipinski definition) is 4. The van der Waals surface area contributed by atoms with Crippen molar-refractivity contribution in [3.8, 4) is 0 Å². The van der Waals surface area contributed by atoms with Crippen LogP contribution in [0.3, 0.4) is 0 Å². The molecular formula is C15H24N2S2. The van der Waals surface area contributed by atoms with Gasteiger partial charge in [0.05, 0.1) is 11.2 Å². The highest BCUT2D eigenvalue weighted by Crippen LogP contribution is 2.41. The van der Waals surface area contributed by atoms with E-state index in [1.807, 2.05) is 11.3 Å². The quantitative estimate of drug-likeness (QED) is 0.915. The molecule has 1 saturated heterocycles. The van der Waals surface area contributed by atoms with Crippen molar-refractivity contribution in [1.82, 2.24) is 10.3 Å². The monoisotopic (exact) mass is 296 g/mol. The van der Waals surface area contributed by atoms with Crippen LogP contribution < -0.4 is 5.32 Å². The van der Waals surface area contributed by atoms with Gasteiger partial charge in [-0.1, -0.05) is 20.8 Å². The zero-order chi connectivity index (χ0) is 13.5. The second-order valence-corrected chi connectivity index (χ2v) is 8.98. The van der Waals surface area contributed by atoms with Crippen LogP contribution in [0.5, 0.6) is 0 Å². The molecule has 4 heteroatoms. The lowest BCUT2D eigenvalue weighted by Crippen LogP contribution is -2.46. The van der Waals surface area contributed by atoms with Crippen molar-refractivity contribution in [2.45, 2.75) is 63.5 Å². The van der Waals surface area contributed by atoms with Gasteiger partial charge >= 0.3 is 0 Å². The molecule has 1 aromatic rings. The molecule has 2 nitrogen and oxygen atoms in total. The highest BCUT2D eigenvalue weighted by atomic mass is 32.2. The van der Waals surface area contributed by atoms with Gasteiger partial charge < -0.3 is 5.32 Å². The normalized spacial score (nSPS) is 23.5. The summed E-state index contributed by atoms with van der Waals surface area (Å²) < 4.78 is 0. The van der Waals surface area contributed by atoms with Crippen LogP contribution in [0.15, 0.2) is 5.38 Å². The molecule has 0 bridgehead atoms. The Morgan fingerprint density at radius 3 is 2.47 bits per heavy atom. The second kappa shape index (κ2) is 5.05. The third-order valence-electron chi connectivity index (χ3n) is 4.09. The largest absolute Gasteiger partial charge is 0.303 e. The Morgan fingerprint density at radius 2 is 1.95 bits per heavy atom. The Hall–Kier alpha value is -0.0600. The Kier molecular flexibility index (Phi) is 3.69. The first-order valence-electron chi connectivity index (χ1n) is 7.32.